The number of halogens is 2. The topological polar surface area (TPSA) is 93.0 Å². The zero-order valence-corrected chi connectivity index (χ0v) is 13.4. The normalized spacial score (nSPS) is 10.8. The Hall–Kier alpha value is -2.80. The Morgan fingerprint density at radius 2 is 2.21 bits per heavy atom. The molecule has 0 saturated heterocycles. The SMILES string of the molecule is COc1ccc(-c2cc3[nH]c(CNC(N)=O)cc3cc2Cl)nc1F. The lowest BCUT2D eigenvalue weighted by Gasteiger charge is -2.06. The van der Waals surface area contributed by atoms with Gasteiger partial charge in [0.15, 0.2) is 5.75 Å². The molecule has 2 amide bonds. The van der Waals surface area contributed by atoms with E-state index in [1.54, 1.807) is 18.2 Å². The average Bonchev–Trinajstić information content (AvgIpc) is 2.93. The van der Waals surface area contributed by atoms with Crippen LogP contribution in [0.4, 0.5) is 9.18 Å². The molecule has 1 aromatic carbocycles. The van der Waals surface area contributed by atoms with Gasteiger partial charge < -0.3 is 20.8 Å². The Kier molecular flexibility index (Phi) is 4.26. The van der Waals surface area contributed by atoms with Gasteiger partial charge in [0, 0.05) is 22.2 Å². The molecular weight excluding hydrogens is 335 g/mol. The number of nitrogens with one attached hydrogen (secondary N) is 2. The van der Waals surface area contributed by atoms with Crippen LogP contribution < -0.4 is 15.8 Å². The highest BCUT2D eigenvalue weighted by atomic mass is 35.5. The van der Waals surface area contributed by atoms with Crippen LogP contribution >= 0.6 is 11.6 Å². The van der Waals surface area contributed by atoms with Crippen molar-refractivity contribution in [3.05, 3.63) is 47.0 Å². The third-order valence-electron chi connectivity index (χ3n) is 3.53. The zero-order valence-electron chi connectivity index (χ0n) is 12.7. The summed E-state index contributed by atoms with van der Waals surface area (Å²) >= 11 is 6.30. The monoisotopic (exact) mass is 348 g/mol. The van der Waals surface area contributed by atoms with Gasteiger partial charge in [0.2, 0.25) is 0 Å². The number of urea groups is 1. The summed E-state index contributed by atoms with van der Waals surface area (Å²) in [5.41, 5.74) is 7.59. The highest BCUT2D eigenvalue weighted by Gasteiger charge is 2.12. The number of amides is 2. The molecular formula is C16H14ClFN4O2. The lowest BCUT2D eigenvalue weighted by Crippen LogP contribution is -2.28. The largest absolute Gasteiger partial charge is 0.492 e. The number of rotatable bonds is 4. The first-order valence-corrected chi connectivity index (χ1v) is 7.41. The van der Waals surface area contributed by atoms with E-state index < -0.39 is 12.0 Å². The van der Waals surface area contributed by atoms with Crippen molar-refractivity contribution in [1.82, 2.24) is 15.3 Å². The number of hydrogen-bond acceptors (Lipinski definition) is 3. The van der Waals surface area contributed by atoms with E-state index in [-0.39, 0.29) is 12.3 Å². The molecule has 0 saturated carbocycles. The second-order valence-electron chi connectivity index (χ2n) is 5.12. The Morgan fingerprint density at radius 3 is 2.88 bits per heavy atom. The smallest absolute Gasteiger partial charge is 0.312 e. The maximum absolute atomic E-state index is 13.8. The molecule has 0 aliphatic carbocycles. The molecule has 0 atom stereocenters. The van der Waals surface area contributed by atoms with Gasteiger partial charge in [-0.05, 0) is 30.3 Å². The van der Waals surface area contributed by atoms with Crippen molar-refractivity contribution < 1.29 is 13.9 Å². The fourth-order valence-electron chi connectivity index (χ4n) is 2.41. The molecule has 0 unspecified atom stereocenters. The van der Waals surface area contributed by atoms with Gasteiger partial charge in [-0.25, -0.2) is 9.78 Å². The summed E-state index contributed by atoms with van der Waals surface area (Å²) in [4.78, 5) is 17.8. The van der Waals surface area contributed by atoms with Gasteiger partial charge >= 0.3 is 6.03 Å². The van der Waals surface area contributed by atoms with Crippen molar-refractivity contribution in [2.24, 2.45) is 5.73 Å². The highest BCUT2D eigenvalue weighted by molar-refractivity contribution is 6.34. The van der Waals surface area contributed by atoms with Crippen molar-refractivity contribution in [3.8, 4) is 17.0 Å². The van der Waals surface area contributed by atoms with Crippen molar-refractivity contribution in [3.63, 3.8) is 0 Å². The summed E-state index contributed by atoms with van der Waals surface area (Å²) in [7, 11) is 1.37. The molecule has 8 heteroatoms. The Balaban J connectivity index is 2.00. The van der Waals surface area contributed by atoms with Crippen molar-refractivity contribution in [2.75, 3.05) is 7.11 Å². The Morgan fingerprint density at radius 1 is 1.42 bits per heavy atom. The molecule has 3 rings (SSSR count). The molecule has 0 aliphatic rings. The molecule has 6 nitrogen and oxygen atoms in total. The first kappa shape index (κ1) is 16.1. The molecule has 24 heavy (non-hydrogen) atoms. The molecule has 4 N–H and O–H groups in total. The summed E-state index contributed by atoms with van der Waals surface area (Å²) in [6, 6.07) is 7.90. The van der Waals surface area contributed by atoms with Crippen LogP contribution in [0.1, 0.15) is 5.69 Å². The number of pyridine rings is 1. The van der Waals surface area contributed by atoms with Gasteiger partial charge in [-0.15, -0.1) is 0 Å². The van der Waals surface area contributed by atoms with Crippen LogP contribution in [0.2, 0.25) is 5.02 Å². The van der Waals surface area contributed by atoms with Gasteiger partial charge in [0.1, 0.15) is 0 Å². The number of H-pyrrole nitrogens is 1. The number of nitrogens with two attached hydrogens (primary N) is 1. The number of benzene rings is 1. The third kappa shape index (κ3) is 3.11. The van der Waals surface area contributed by atoms with E-state index in [0.29, 0.717) is 16.3 Å². The van der Waals surface area contributed by atoms with Crippen molar-refractivity contribution in [2.45, 2.75) is 6.54 Å². The van der Waals surface area contributed by atoms with E-state index in [2.05, 4.69) is 15.3 Å². The quantitative estimate of drug-likeness (QED) is 0.632. The lowest BCUT2D eigenvalue weighted by molar-refractivity contribution is 0.248. The van der Waals surface area contributed by atoms with Crippen LogP contribution in [-0.2, 0) is 6.54 Å². The number of carbonyl (C=O) groups excluding carboxylic acids is 1. The first-order valence-electron chi connectivity index (χ1n) is 7.03. The van der Waals surface area contributed by atoms with Crippen LogP contribution in [0.15, 0.2) is 30.3 Å². The Bertz CT molecular complexity index is 926. The van der Waals surface area contributed by atoms with Gasteiger partial charge in [0.05, 0.1) is 24.4 Å². The van der Waals surface area contributed by atoms with Crippen LogP contribution in [0.25, 0.3) is 22.2 Å². The maximum Gasteiger partial charge on any atom is 0.312 e. The van der Waals surface area contributed by atoms with Gasteiger partial charge in [-0.2, -0.15) is 4.39 Å². The van der Waals surface area contributed by atoms with Crippen LogP contribution in [0.5, 0.6) is 5.75 Å². The minimum absolute atomic E-state index is 0.0654. The molecule has 0 fully saturated rings. The van der Waals surface area contributed by atoms with Gasteiger partial charge in [-0.1, -0.05) is 11.6 Å². The van der Waals surface area contributed by atoms with Crippen LogP contribution in [0.3, 0.4) is 0 Å². The molecule has 0 spiro atoms. The fourth-order valence-corrected chi connectivity index (χ4v) is 2.68. The van der Waals surface area contributed by atoms with Crippen LogP contribution in [-0.4, -0.2) is 23.1 Å². The second-order valence-corrected chi connectivity index (χ2v) is 5.53. The number of hydrogen-bond donors (Lipinski definition) is 3. The summed E-state index contributed by atoms with van der Waals surface area (Å²) in [5.74, 6) is -0.639. The number of nitrogens with zero attached hydrogens (tertiary/aromatic N) is 1. The lowest BCUT2D eigenvalue weighted by atomic mass is 10.1. The predicted octanol–water partition coefficient (Wildman–Crippen LogP) is 3.20. The van der Waals surface area contributed by atoms with Crippen molar-refractivity contribution in [1.29, 1.82) is 0 Å². The molecule has 0 radical (unpaired) electrons. The number of aromatic nitrogens is 2. The van der Waals surface area contributed by atoms with E-state index in [0.717, 1.165) is 16.6 Å². The molecule has 3 aromatic rings. The number of primary amides is 1. The van der Waals surface area contributed by atoms with E-state index in [4.69, 9.17) is 22.1 Å². The maximum atomic E-state index is 13.8. The van der Waals surface area contributed by atoms with Crippen LogP contribution in [0, 0.1) is 5.95 Å². The standard InChI is InChI=1S/C16H14ClFN4O2/c1-24-14-3-2-12(22-15(14)18)10-6-13-8(5-11(10)17)4-9(21-13)7-20-16(19)23/h2-6,21H,7H2,1H3,(H3,19,20,23). The Labute approximate surface area is 141 Å². The minimum atomic E-state index is -0.705. The highest BCUT2D eigenvalue weighted by Crippen LogP contribution is 2.32. The summed E-state index contributed by atoms with van der Waals surface area (Å²) in [6.07, 6.45) is 0. The average molecular weight is 349 g/mol. The number of methoxy groups -OCH3 is 1. The van der Waals surface area contributed by atoms with Crippen molar-refractivity contribution >= 4 is 28.5 Å². The van der Waals surface area contributed by atoms with E-state index in [9.17, 15) is 9.18 Å². The summed E-state index contributed by atoms with van der Waals surface area (Å²) < 4.78 is 18.7. The summed E-state index contributed by atoms with van der Waals surface area (Å²) in [5, 5.41) is 3.80. The molecule has 124 valence electrons. The second kappa shape index (κ2) is 6.37. The molecule has 0 bridgehead atoms. The predicted molar refractivity (Wildman–Crippen MR) is 89.5 cm³/mol. The number of ether oxygens (including phenoxy) is 1. The fraction of sp³-hybridized carbons (Fsp3) is 0.125. The van der Waals surface area contributed by atoms with E-state index >= 15 is 0 Å². The zero-order chi connectivity index (χ0) is 17.3. The first-order chi connectivity index (χ1) is 11.5. The molecule has 2 heterocycles. The number of fused-ring (bicyclic) bond motifs is 1. The summed E-state index contributed by atoms with van der Waals surface area (Å²) in [6.45, 7) is 0.270. The van der Waals surface area contributed by atoms with Gasteiger partial charge in [-0.3, -0.25) is 0 Å². The number of aromatic amines is 1. The molecule has 0 aliphatic heterocycles. The minimum Gasteiger partial charge on any atom is -0.492 e. The van der Waals surface area contributed by atoms with E-state index in [1.165, 1.54) is 13.2 Å². The molecule has 2 aromatic heterocycles. The van der Waals surface area contributed by atoms with Gasteiger partial charge in [0.25, 0.3) is 5.95 Å². The third-order valence-corrected chi connectivity index (χ3v) is 3.84. The van der Waals surface area contributed by atoms with E-state index in [1.807, 2.05) is 6.07 Å². The number of carbonyl (C=O) groups is 1.